The summed E-state index contributed by atoms with van der Waals surface area (Å²) in [4.78, 5) is 4.87. The number of nitrogens with zero attached hydrogens (tertiary/aromatic N) is 2. The molecule has 14 heavy (non-hydrogen) atoms. The third kappa shape index (κ3) is 2.47. The monoisotopic (exact) mass is 199 g/mol. The maximum Gasteiger partial charge on any atom is 0.0453 e. The van der Waals surface area contributed by atoms with E-state index in [9.17, 15) is 0 Å². The van der Waals surface area contributed by atoms with Crippen molar-refractivity contribution in [1.82, 2.24) is 9.80 Å². The Hall–Kier alpha value is -0.120. The van der Waals surface area contributed by atoms with E-state index in [2.05, 4.69) is 30.8 Å². The van der Waals surface area contributed by atoms with Crippen LogP contribution < -0.4 is 5.73 Å². The first-order valence-electron chi connectivity index (χ1n) is 5.74. The summed E-state index contributed by atoms with van der Waals surface area (Å²) < 4.78 is 0. The van der Waals surface area contributed by atoms with Crippen molar-refractivity contribution < 1.29 is 0 Å². The molecule has 0 aromatic rings. The minimum Gasteiger partial charge on any atom is -0.329 e. The SMILES string of the molecule is CCCN1CCCC(CN)(N(C)C)C1. The Balaban J connectivity index is 2.59. The molecule has 0 aromatic heterocycles. The second kappa shape index (κ2) is 5.10. The first kappa shape index (κ1) is 12.0. The van der Waals surface area contributed by atoms with Crippen LogP contribution in [0, 0.1) is 0 Å². The standard InChI is InChI=1S/C11H25N3/c1-4-7-14-8-5-6-11(9-12,10-14)13(2)3/h4-10,12H2,1-3H3. The Bertz CT molecular complexity index is 168. The second-order valence-corrected chi connectivity index (χ2v) is 4.70. The van der Waals surface area contributed by atoms with Gasteiger partial charge in [-0.15, -0.1) is 0 Å². The lowest BCUT2D eigenvalue weighted by molar-refractivity contribution is 0.0506. The highest BCUT2D eigenvalue weighted by Crippen LogP contribution is 2.24. The van der Waals surface area contributed by atoms with Crippen molar-refractivity contribution in [1.29, 1.82) is 0 Å². The van der Waals surface area contributed by atoms with Gasteiger partial charge in [-0.3, -0.25) is 0 Å². The van der Waals surface area contributed by atoms with Crippen molar-refractivity contribution in [3.63, 3.8) is 0 Å². The van der Waals surface area contributed by atoms with E-state index in [0.717, 1.165) is 13.1 Å². The highest BCUT2D eigenvalue weighted by Gasteiger charge is 2.35. The molecule has 1 saturated heterocycles. The lowest BCUT2D eigenvalue weighted by atomic mass is 9.88. The van der Waals surface area contributed by atoms with Crippen LogP contribution in [0.1, 0.15) is 26.2 Å². The maximum atomic E-state index is 5.93. The van der Waals surface area contributed by atoms with Crippen molar-refractivity contribution in [2.75, 3.05) is 40.3 Å². The number of likely N-dealkylation sites (tertiary alicyclic amines) is 1. The summed E-state index contributed by atoms with van der Waals surface area (Å²) >= 11 is 0. The van der Waals surface area contributed by atoms with Gasteiger partial charge in [-0.2, -0.15) is 0 Å². The van der Waals surface area contributed by atoms with Crippen LogP contribution in [-0.4, -0.2) is 55.6 Å². The summed E-state index contributed by atoms with van der Waals surface area (Å²) in [5, 5.41) is 0. The summed E-state index contributed by atoms with van der Waals surface area (Å²) in [7, 11) is 4.31. The molecule has 1 atom stereocenters. The van der Waals surface area contributed by atoms with E-state index in [4.69, 9.17) is 5.73 Å². The lowest BCUT2D eigenvalue weighted by Crippen LogP contribution is -2.60. The van der Waals surface area contributed by atoms with Gasteiger partial charge in [0.05, 0.1) is 0 Å². The molecule has 0 radical (unpaired) electrons. The summed E-state index contributed by atoms with van der Waals surface area (Å²) in [5.41, 5.74) is 6.16. The number of hydrogen-bond acceptors (Lipinski definition) is 3. The quantitative estimate of drug-likeness (QED) is 0.725. The number of likely N-dealkylation sites (N-methyl/N-ethyl adjacent to an activating group) is 1. The molecule has 0 bridgehead atoms. The van der Waals surface area contributed by atoms with E-state index in [1.54, 1.807) is 0 Å². The molecule has 3 heteroatoms. The molecule has 1 fully saturated rings. The molecule has 0 aliphatic carbocycles. The molecular weight excluding hydrogens is 174 g/mol. The molecule has 1 aliphatic rings. The van der Waals surface area contributed by atoms with Gasteiger partial charge in [0.15, 0.2) is 0 Å². The molecule has 1 aliphatic heterocycles. The Morgan fingerprint density at radius 1 is 1.43 bits per heavy atom. The van der Waals surface area contributed by atoms with Crippen LogP contribution >= 0.6 is 0 Å². The van der Waals surface area contributed by atoms with E-state index in [1.807, 2.05) is 0 Å². The summed E-state index contributed by atoms with van der Waals surface area (Å²) in [6.45, 7) is 6.64. The molecule has 84 valence electrons. The predicted molar refractivity (Wildman–Crippen MR) is 61.4 cm³/mol. The molecular formula is C11H25N3. The normalized spacial score (nSPS) is 29.8. The summed E-state index contributed by atoms with van der Waals surface area (Å²) in [6.07, 6.45) is 3.78. The number of rotatable bonds is 4. The summed E-state index contributed by atoms with van der Waals surface area (Å²) in [6, 6.07) is 0. The highest BCUT2D eigenvalue weighted by atomic mass is 15.2. The Kier molecular flexibility index (Phi) is 4.35. The zero-order chi connectivity index (χ0) is 10.6. The predicted octanol–water partition coefficient (Wildman–Crippen LogP) is 0.751. The van der Waals surface area contributed by atoms with Crippen LogP contribution in [0.2, 0.25) is 0 Å². The second-order valence-electron chi connectivity index (χ2n) is 4.70. The van der Waals surface area contributed by atoms with Gasteiger partial charge in [-0.05, 0) is 46.4 Å². The minimum absolute atomic E-state index is 0.230. The molecule has 1 heterocycles. The lowest BCUT2D eigenvalue weighted by Gasteiger charge is -2.46. The van der Waals surface area contributed by atoms with E-state index >= 15 is 0 Å². The van der Waals surface area contributed by atoms with Crippen LogP contribution in [0.3, 0.4) is 0 Å². The smallest absolute Gasteiger partial charge is 0.0453 e. The molecule has 0 spiro atoms. The molecule has 0 amide bonds. The molecule has 2 N–H and O–H groups in total. The zero-order valence-electron chi connectivity index (χ0n) is 9.92. The van der Waals surface area contributed by atoms with Gasteiger partial charge in [0.1, 0.15) is 0 Å². The first-order valence-corrected chi connectivity index (χ1v) is 5.74. The van der Waals surface area contributed by atoms with E-state index < -0.39 is 0 Å². The number of hydrogen-bond donors (Lipinski definition) is 1. The third-order valence-electron chi connectivity index (χ3n) is 3.50. The maximum absolute atomic E-state index is 5.93. The van der Waals surface area contributed by atoms with Crippen LogP contribution in [-0.2, 0) is 0 Å². The van der Waals surface area contributed by atoms with Crippen molar-refractivity contribution in [3.05, 3.63) is 0 Å². The van der Waals surface area contributed by atoms with E-state index in [0.29, 0.717) is 0 Å². The van der Waals surface area contributed by atoms with Crippen molar-refractivity contribution in [3.8, 4) is 0 Å². The number of nitrogens with two attached hydrogens (primary N) is 1. The molecule has 0 aromatic carbocycles. The molecule has 3 nitrogen and oxygen atoms in total. The van der Waals surface area contributed by atoms with Gasteiger partial charge in [-0.25, -0.2) is 0 Å². The van der Waals surface area contributed by atoms with Gasteiger partial charge in [0, 0.05) is 18.6 Å². The van der Waals surface area contributed by atoms with Crippen molar-refractivity contribution in [2.45, 2.75) is 31.7 Å². The van der Waals surface area contributed by atoms with Crippen LogP contribution in [0.15, 0.2) is 0 Å². The van der Waals surface area contributed by atoms with E-state index in [1.165, 1.54) is 32.4 Å². The Morgan fingerprint density at radius 3 is 2.64 bits per heavy atom. The Morgan fingerprint density at radius 2 is 2.14 bits per heavy atom. The minimum atomic E-state index is 0.230. The average Bonchev–Trinajstić information content (AvgIpc) is 2.18. The van der Waals surface area contributed by atoms with Crippen LogP contribution in [0.25, 0.3) is 0 Å². The van der Waals surface area contributed by atoms with Gasteiger partial charge in [0.25, 0.3) is 0 Å². The van der Waals surface area contributed by atoms with Crippen molar-refractivity contribution in [2.24, 2.45) is 5.73 Å². The fraction of sp³-hybridized carbons (Fsp3) is 1.00. The number of piperidine rings is 1. The molecule has 0 saturated carbocycles. The molecule has 1 rings (SSSR count). The van der Waals surface area contributed by atoms with Crippen LogP contribution in [0.4, 0.5) is 0 Å². The van der Waals surface area contributed by atoms with Crippen molar-refractivity contribution >= 4 is 0 Å². The average molecular weight is 199 g/mol. The third-order valence-corrected chi connectivity index (χ3v) is 3.50. The Labute approximate surface area is 88.2 Å². The molecule has 1 unspecified atom stereocenters. The fourth-order valence-electron chi connectivity index (χ4n) is 2.43. The van der Waals surface area contributed by atoms with Gasteiger partial charge >= 0.3 is 0 Å². The topological polar surface area (TPSA) is 32.5 Å². The zero-order valence-corrected chi connectivity index (χ0v) is 9.92. The van der Waals surface area contributed by atoms with Gasteiger partial charge in [-0.1, -0.05) is 6.92 Å². The van der Waals surface area contributed by atoms with Crippen LogP contribution in [0.5, 0.6) is 0 Å². The highest BCUT2D eigenvalue weighted by molar-refractivity contribution is 4.95. The summed E-state index contributed by atoms with van der Waals surface area (Å²) in [5.74, 6) is 0. The fourth-order valence-corrected chi connectivity index (χ4v) is 2.43. The largest absolute Gasteiger partial charge is 0.329 e. The first-order chi connectivity index (χ1) is 6.64. The van der Waals surface area contributed by atoms with Gasteiger partial charge < -0.3 is 15.5 Å². The van der Waals surface area contributed by atoms with E-state index in [-0.39, 0.29) is 5.54 Å². The van der Waals surface area contributed by atoms with Gasteiger partial charge in [0.2, 0.25) is 0 Å².